The van der Waals surface area contributed by atoms with E-state index in [0.29, 0.717) is 17.6 Å². The molecule has 0 aliphatic carbocycles. The third kappa shape index (κ3) is 5.22. The van der Waals surface area contributed by atoms with Crippen molar-refractivity contribution < 1.29 is 4.79 Å². The van der Waals surface area contributed by atoms with E-state index in [9.17, 15) is 4.79 Å². The number of rotatable bonds is 7. The molecule has 0 fully saturated rings. The highest BCUT2D eigenvalue weighted by Crippen LogP contribution is 2.16. The minimum Gasteiger partial charge on any atom is -0.378 e. The van der Waals surface area contributed by atoms with Gasteiger partial charge in [0.05, 0.1) is 0 Å². The average molecular weight is 327 g/mol. The molecule has 0 saturated heterocycles. The minimum atomic E-state index is -0.248. The standard InChI is InChI=1S/C18H25N5O/c1-13(2)9-11-19-18-20-12-10-16(22-18)17(24)21-14-5-7-15(8-6-14)23(3)4/h5-8,10,12-13H,9,11H2,1-4H3,(H,21,24)(H,19,20,22). The van der Waals surface area contributed by atoms with E-state index in [-0.39, 0.29) is 5.91 Å². The molecule has 1 amide bonds. The fourth-order valence-corrected chi connectivity index (χ4v) is 2.08. The van der Waals surface area contributed by atoms with Crippen molar-refractivity contribution >= 4 is 23.2 Å². The van der Waals surface area contributed by atoms with Gasteiger partial charge in [0.2, 0.25) is 5.95 Å². The molecule has 2 N–H and O–H groups in total. The highest BCUT2D eigenvalue weighted by molar-refractivity contribution is 6.03. The van der Waals surface area contributed by atoms with Crippen molar-refractivity contribution in [3.8, 4) is 0 Å². The Kier molecular flexibility index (Phi) is 6.12. The molecule has 1 aromatic carbocycles. The maximum atomic E-state index is 12.3. The summed E-state index contributed by atoms with van der Waals surface area (Å²) in [6.07, 6.45) is 2.62. The van der Waals surface area contributed by atoms with Crippen molar-refractivity contribution in [3.05, 3.63) is 42.2 Å². The van der Waals surface area contributed by atoms with Crippen LogP contribution in [0.4, 0.5) is 17.3 Å². The fourth-order valence-electron chi connectivity index (χ4n) is 2.08. The van der Waals surface area contributed by atoms with Crippen LogP contribution in [0, 0.1) is 5.92 Å². The van der Waals surface area contributed by atoms with E-state index in [1.165, 1.54) is 0 Å². The molecular formula is C18H25N5O. The maximum absolute atomic E-state index is 12.3. The smallest absolute Gasteiger partial charge is 0.274 e. The normalized spacial score (nSPS) is 10.5. The molecular weight excluding hydrogens is 302 g/mol. The zero-order chi connectivity index (χ0) is 17.5. The minimum absolute atomic E-state index is 0.248. The number of carbonyl (C=O) groups excluding carboxylic acids is 1. The summed E-state index contributed by atoms with van der Waals surface area (Å²) in [7, 11) is 3.95. The number of hydrogen-bond acceptors (Lipinski definition) is 5. The van der Waals surface area contributed by atoms with Gasteiger partial charge in [-0.1, -0.05) is 13.8 Å². The van der Waals surface area contributed by atoms with Crippen LogP contribution >= 0.6 is 0 Å². The first-order chi connectivity index (χ1) is 11.5. The maximum Gasteiger partial charge on any atom is 0.274 e. The van der Waals surface area contributed by atoms with E-state index < -0.39 is 0 Å². The molecule has 0 atom stereocenters. The summed E-state index contributed by atoms with van der Waals surface area (Å²) in [6.45, 7) is 5.11. The number of benzene rings is 1. The number of anilines is 3. The molecule has 0 aliphatic heterocycles. The molecule has 1 aromatic heterocycles. The third-order valence-corrected chi connectivity index (χ3v) is 3.53. The Labute approximate surface area is 143 Å². The van der Waals surface area contributed by atoms with Crippen LogP contribution < -0.4 is 15.5 Å². The second kappa shape index (κ2) is 8.29. The number of nitrogens with one attached hydrogen (secondary N) is 2. The van der Waals surface area contributed by atoms with Gasteiger partial charge in [-0.05, 0) is 42.7 Å². The SMILES string of the molecule is CC(C)CCNc1nccc(C(=O)Nc2ccc(N(C)C)cc2)n1. The molecule has 1 heterocycles. The second-order valence-electron chi connectivity index (χ2n) is 6.27. The topological polar surface area (TPSA) is 70.2 Å². The van der Waals surface area contributed by atoms with Crippen molar-refractivity contribution in [3.63, 3.8) is 0 Å². The summed E-state index contributed by atoms with van der Waals surface area (Å²) in [5.41, 5.74) is 2.15. The van der Waals surface area contributed by atoms with Crippen molar-refractivity contribution in [2.24, 2.45) is 5.92 Å². The molecule has 2 rings (SSSR count). The van der Waals surface area contributed by atoms with Crippen LogP contribution in [0.1, 0.15) is 30.8 Å². The van der Waals surface area contributed by atoms with E-state index in [1.54, 1.807) is 12.3 Å². The highest BCUT2D eigenvalue weighted by Gasteiger charge is 2.09. The molecule has 6 heteroatoms. The average Bonchev–Trinajstić information content (AvgIpc) is 2.55. The molecule has 0 unspecified atom stereocenters. The van der Waals surface area contributed by atoms with Crippen LogP contribution in [0.25, 0.3) is 0 Å². The molecule has 6 nitrogen and oxygen atoms in total. The zero-order valence-corrected chi connectivity index (χ0v) is 14.7. The van der Waals surface area contributed by atoms with Crippen LogP contribution in [0.3, 0.4) is 0 Å². The van der Waals surface area contributed by atoms with Crippen molar-refractivity contribution in [2.75, 3.05) is 36.2 Å². The van der Waals surface area contributed by atoms with E-state index in [2.05, 4.69) is 34.4 Å². The predicted molar refractivity (Wildman–Crippen MR) is 98.7 cm³/mol. The van der Waals surface area contributed by atoms with Crippen LogP contribution in [-0.2, 0) is 0 Å². The van der Waals surface area contributed by atoms with Crippen molar-refractivity contribution in [1.29, 1.82) is 0 Å². The zero-order valence-electron chi connectivity index (χ0n) is 14.7. The lowest BCUT2D eigenvalue weighted by atomic mass is 10.1. The van der Waals surface area contributed by atoms with Gasteiger partial charge in [-0.25, -0.2) is 9.97 Å². The van der Waals surface area contributed by atoms with Gasteiger partial charge in [-0.3, -0.25) is 4.79 Å². The monoisotopic (exact) mass is 327 g/mol. The summed E-state index contributed by atoms with van der Waals surface area (Å²) in [6, 6.07) is 9.26. The molecule has 0 spiro atoms. The Hall–Kier alpha value is -2.63. The van der Waals surface area contributed by atoms with Crippen molar-refractivity contribution in [1.82, 2.24) is 9.97 Å². The number of amides is 1. The predicted octanol–water partition coefficient (Wildman–Crippen LogP) is 3.25. The molecule has 0 saturated carbocycles. The van der Waals surface area contributed by atoms with Crippen LogP contribution in [-0.4, -0.2) is 36.5 Å². The molecule has 24 heavy (non-hydrogen) atoms. The van der Waals surface area contributed by atoms with Gasteiger partial charge < -0.3 is 15.5 Å². The summed E-state index contributed by atoms with van der Waals surface area (Å²) < 4.78 is 0. The van der Waals surface area contributed by atoms with Crippen LogP contribution in [0.15, 0.2) is 36.5 Å². The number of carbonyl (C=O) groups is 1. The van der Waals surface area contributed by atoms with Crippen LogP contribution in [0.2, 0.25) is 0 Å². The molecule has 0 aliphatic rings. The Morgan fingerprint density at radius 2 is 1.88 bits per heavy atom. The summed E-state index contributed by atoms with van der Waals surface area (Å²) in [5, 5.41) is 6.00. The highest BCUT2D eigenvalue weighted by atomic mass is 16.1. The third-order valence-electron chi connectivity index (χ3n) is 3.53. The van der Waals surface area contributed by atoms with E-state index in [4.69, 9.17) is 0 Å². The lowest BCUT2D eigenvalue weighted by Crippen LogP contribution is -2.16. The summed E-state index contributed by atoms with van der Waals surface area (Å²) in [5.74, 6) is 0.835. The van der Waals surface area contributed by atoms with Gasteiger partial charge in [-0.2, -0.15) is 0 Å². The molecule has 0 bridgehead atoms. The van der Waals surface area contributed by atoms with Crippen LogP contribution in [0.5, 0.6) is 0 Å². The van der Waals surface area contributed by atoms with Gasteiger partial charge in [0.25, 0.3) is 5.91 Å². The number of hydrogen-bond donors (Lipinski definition) is 2. The fraction of sp³-hybridized carbons (Fsp3) is 0.389. The number of nitrogens with zero attached hydrogens (tertiary/aromatic N) is 3. The van der Waals surface area contributed by atoms with E-state index >= 15 is 0 Å². The largest absolute Gasteiger partial charge is 0.378 e. The lowest BCUT2D eigenvalue weighted by Gasteiger charge is -2.13. The number of aromatic nitrogens is 2. The van der Waals surface area contributed by atoms with Crippen molar-refractivity contribution in [2.45, 2.75) is 20.3 Å². The first-order valence-electron chi connectivity index (χ1n) is 8.11. The Balaban J connectivity index is 1.99. The second-order valence-corrected chi connectivity index (χ2v) is 6.27. The molecule has 128 valence electrons. The Morgan fingerprint density at radius 1 is 1.17 bits per heavy atom. The van der Waals surface area contributed by atoms with Gasteiger partial charge in [0.15, 0.2) is 0 Å². The van der Waals surface area contributed by atoms with Gasteiger partial charge in [0, 0.05) is 38.2 Å². The quantitative estimate of drug-likeness (QED) is 0.817. The molecule has 2 aromatic rings. The lowest BCUT2D eigenvalue weighted by molar-refractivity contribution is 0.102. The summed E-state index contributed by atoms with van der Waals surface area (Å²) in [4.78, 5) is 22.8. The Bertz CT molecular complexity index is 667. The van der Waals surface area contributed by atoms with Gasteiger partial charge in [0.1, 0.15) is 5.69 Å². The summed E-state index contributed by atoms with van der Waals surface area (Å²) >= 11 is 0. The molecule has 0 radical (unpaired) electrons. The van der Waals surface area contributed by atoms with Gasteiger partial charge in [-0.15, -0.1) is 0 Å². The first-order valence-corrected chi connectivity index (χ1v) is 8.11. The first kappa shape index (κ1) is 17.7. The van der Waals surface area contributed by atoms with E-state index in [1.807, 2.05) is 43.3 Å². The van der Waals surface area contributed by atoms with E-state index in [0.717, 1.165) is 24.3 Å². The Morgan fingerprint density at radius 3 is 2.50 bits per heavy atom. The van der Waals surface area contributed by atoms with Gasteiger partial charge >= 0.3 is 0 Å².